The maximum atomic E-state index is 13.8. The minimum atomic E-state index is -0.762. The highest BCUT2D eigenvalue weighted by Crippen LogP contribution is 2.34. The van der Waals surface area contributed by atoms with E-state index in [1.165, 1.54) is 15.9 Å². The van der Waals surface area contributed by atoms with Gasteiger partial charge >= 0.3 is 5.97 Å². The quantitative estimate of drug-likeness (QED) is 0.244. The zero-order chi connectivity index (χ0) is 28.4. The van der Waals surface area contributed by atoms with Crippen LogP contribution in [0.4, 0.5) is 0 Å². The fourth-order valence-electron chi connectivity index (χ4n) is 4.41. The molecule has 1 aliphatic heterocycles. The molecule has 0 saturated carbocycles. The molecule has 2 heterocycles. The Bertz CT molecular complexity index is 1770. The van der Waals surface area contributed by atoms with Crippen LogP contribution in [-0.4, -0.2) is 16.6 Å². The number of rotatable bonds is 7. The summed E-state index contributed by atoms with van der Waals surface area (Å²) in [5.74, 6) is 0.181. The van der Waals surface area contributed by atoms with Gasteiger partial charge in [0.15, 0.2) is 4.80 Å². The molecular weight excluding hydrogens is 567 g/mol. The van der Waals surface area contributed by atoms with Crippen LogP contribution in [0.2, 0.25) is 10.0 Å². The Morgan fingerprint density at radius 3 is 2.42 bits per heavy atom. The smallest absolute Gasteiger partial charge is 0.338 e. The van der Waals surface area contributed by atoms with Crippen molar-refractivity contribution in [1.82, 2.24) is 4.57 Å². The van der Waals surface area contributed by atoms with E-state index in [1.54, 1.807) is 32.9 Å². The zero-order valence-electron chi connectivity index (χ0n) is 22.1. The standard InChI is InChI=1S/C31H26Cl2N2O4S/c1-18(2)39-30(37)27-19(3)34-31-35(28(27)24-6-4-5-7-25(24)33)29(36)26(40-31)16-20-10-14-23(15-11-20)38-17-21-8-12-22(32)13-9-21/h4-16,18,28H,17H2,1-3H3. The lowest BCUT2D eigenvalue weighted by atomic mass is 9.96. The zero-order valence-corrected chi connectivity index (χ0v) is 24.4. The van der Waals surface area contributed by atoms with Crippen molar-refractivity contribution < 1.29 is 14.3 Å². The number of hydrogen-bond donors (Lipinski definition) is 0. The third-order valence-corrected chi connectivity index (χ3v) is 7.86. The minimum Gasteiger partial charge on any atom is -0.489 e. The number of thiazole rings is 1. The van der Waals surface area contributed by atoms with Crippen molar-refractivity contribution in [3.8, 4) is 5.75 Å². The van der Waals surface area contributed by atoms with Crippen molar-refractivity contribution in [2.24, 2.45) is 4.99 Å². The highest BCUT2D eigenvalue weighted by molar-refractivity contribution is 7.07. The van der Waals surface area contributed by atoms with Gasteiger partial charge in [0, 0.05) is 10.0 Å². The number of halogens is 2. The van der Waals surface area contributed by atoms with E-state index in [0.29, 0.717) is 48.6 Å². The maximum absolute atomic E-state index is 13.8. The molecule has 1 aromatic heterocycles. The lowest BCUT2D eigenvalue weighted by Gasteiger charge is -2.26. The minimum absolute atomic E-state index is 0.265. The van der Waals surface area contributed by atoms with E-state index in [1.807, 2.05) is 66.7 Å². The van der Waals surface area contributed by atoms with Gasteiger partial charge in [-0.1, -0.05) is 77.0 Å². The molecule has 4 aromatic rings. The molecule has 9 heteroatoms. The number of ether oxygens (including phenoxy) is 2. The van der Waals surface area contributed by atoms with Crippen molar-refractivity contribution >= 4 is 46.6 Å². The number of aromatic nitrogens is 1. The SMILES string of the molecule is CC1=C(C(=O)OC(C)C)C(c2ccccc2Cl)n2c(sc(=Cc3ccc(OCc4ccc(Cl)cc4)cc3)c2=O)=N1. The number of carbonyl (C=O) groups is 1. The number of benzene rings is 3. The maximum Gasteiger partial charge on any atom is 0.338 e. The summed E-state index contributed by atoms with van der Waals surface area (Å²) in [6.45, 7) is 5.72. The summed E-state index contributed by atoms with van der Waals surface area (Å²) in [5, 5.41) is 1.12. The van der Waals surface area contributed by atoms with Crippen molar-refractivity contribution in [3.05, 3.63) is 130 Å². The van der Waals surface area contributed by atoms with E-state index < -0.39 is 12.0 Å². The average molecular weight is 594 g/mol. The third-order valence-electron chi connectivity index (χ3n) is 6.28. The van der Waals surface area contributed by atoms with Crippen LogP contribution in [0.3, 0.4) is 0 Å². The van der Waals surface area contributed by atoms with Crippen molar-refractivity contribution in [2.75, 3.05) is 0 Å². The van der Waals surface area contributed by atoms with E-state index in [9.17, 15) is 9.59 Å². The Morgan fingerprint density at radius 1 is 1.05 bits per heavy atom. The van der Waals surface area contributed by atoms with Crippen LogP contribution in [0.15, 0.2) is 93.9 Å². The van der Waals surface area contributed by atoms with Gasteiger partial charge in [0.25, 0.3) is 5.56 Å². The summed E-state index contributed by atoms with van der Waals surface area (Å²) in [5.41, 5.74) is 2.99. The molecule has 3 aromatic carbocycles. The number of carbonyl (C=O) groups excluding carboxylic acids is 1. The summed E-state index contributed by atoms with van der Waals surface area (Å²) in [4.78, 5) is 32.1. The van der Waals surface area contributed by atoms with Gasteiger partial charge in [-0.15, -0.1) is 0 Å². The molecule has 0 bridgehead atoms. The van der Waals surface area contributed by atoms with Crippen LogP contribution < -0.4 is 19.6 Å². The fourth-order valence-corrected chi connectivity index (χ4v) is 5.82. The van der Waals surface area contributed by atoms with Gasteiger partial charge in [0.05, 0.1) is 21.9 Å². The first-order valence-corrected chi connectivity index (χ1v) is 14.2. The lowest BCUT2D eigenvalue weighted by Crippen LogP contribution is -2.40. The molecule has 40 heavy (non-hydrogen) atoms. The van der Waals surface area contributed by atoms with Gasteiger partial charge in [-0.05, 0) is 73.9 Å². The highest BCUT2D eigenvalue weighted by Gasteiger charge is 2.34. The first-order chi connectivity index (χ1) is 19.2. The van der Waals surface area contributed by atoms with Crippen molar-refractivity contribution in [3.63, 3.8) is 0 Å². The first-order valence-electron chi connectivity index (χ1n) is 12.7. The molecular formula is C31H26Cl2N2O4S. The van der Waals surface area contributed by atoms with Crippen molar-refractivity contribution in [1.29, 1.82) is 0 Å². The molecule has 0 aliphatic carbocycles. The van der Waals surface area contributed by atoms with Crippen molar-refractivity contribution in [2.45, 2.75) is 39.5 Å². The fraction of sp³-hybridized carbons (Fsp3) is 0.194. The Hall–Kier alpha value is -3.65. The predicted octanol–water partition coefficient (Wildman–Crippen LogP) is 6.07. The Labute approximate surface area is 245 Å². The lowest BCUT2D eigenvalue weighted by molar-refractivity contribution is -0.143. The molecule has 0 radical (unpaired) electrons. The molecule has 1 unspecified atom stereocenters. The average Bonchev–Trinajstić information content (AvgIpc) is 3.22. The number of esters is 1. The molecule has 0 spiro atoms. The van der Waals surface area contributed by atoms with Gasteiger partial charge in [0.2, 0.25) is 0 Å². The van der Waals surface area contributed by atoms with E-state index >= 15 is 0 Å². The Balaban J connectivity index is 1.50. The Morgan fingerprint density at radius 2 is 1.75 bits per heavy atom. The molecule has 5 rings (SSSR count). The second-order valence-electron chi connectivity index (χ2n) is 9.54. The van der Waals surface area contributed by atoms with E-state index in [2.05, 4.69) is 4.99 Å². The molecule has 0 fully saturated rings. The molecule has 204 valence electrons. The van der Waals surface area contributed by atoms with Gasteiger partial charge in [0.1, 0.15) is 18.4 Å². The summed E-state index contributed by atoms with van der Waals surface area (Å²) < 4.78 is 13.4. The van der Waals surface area contributed by atoms with E-state index in [0.717, 1.165) is 11.1 Å². The monoisotopic (exact) mass is 592 g/mol. The number of nitrogens with zero attached hydrogens (tertiary/aromatic N) is 2. The largest absolute Gasteiger partial charge is 0.489 e. The molecule has 1 atom stereocenters. The van der Waals surface area contributed by atoms with Crippen LogP contribution in [0, 0.1) is 0 Å². The van der Waals surface area contributed by atoms with E-state index in [4.69, 9.17) is 32.7 Å². The normalized spacial score (nSPS) is 15.2. The van der Waals surface area contributed by atoms with Gasteiger partial charge in [-0.25, -0.2) is 9.79 Å². The van der Waals surface area contributed by atoms with Gasteiger partial charge in [-0.3, -0.25) is 9.36 Å². The number of hydrogen-bond acceptors (Lipinski definition) is 6. The van der Waals surface area contributed by atoms with Crippen LogP contribution in [-0.2, 0) is 16.1 Å². The van der Waals surface area contributed by atoms with Crippen LogP contribution in [0.5, 0.6) is 5.75 Å². The second kappa shape index (κ2) is 11.8. The molecule has 6 nitrogen and oxygen atoms in total. The summed E-state index contributed by atoms with van der Waals surface area (Å²) in [7, 11) is 0. The molecule has 1 aliphatic rings. The van der Waals surface area contributed by atoms with Crippen LogP contribution in [0.25, 0.3) is 6.08 Å². The molecule has 0 N–H and O–H groups in total. The Kier molecular flexibility index (Phi) is 8.26. The highest BCUT2D eigenvalue weighted by atomic mass is 35.5. The van der Waals surface area contributed by atoms with Gasteiger partial charge in [-0.2, -0.15) is 0 Å². The molecule has 0 saturated heterocycles. The summed E-state index contributed by atoms with van der Waals surface area (Å²) in [6.07, 6.45) is 1.48. The van der Waals surface area contributed by atoms with Crippen LogP contribution >= 0.6 is 34.5 Å². The third kappa shape index (κ3) is 5.92. The first kappa shape index (κ1) is 27.9. The second-order valence-corrected chi connectivity index (χ2v) is 11.4. The van der Waals surface area contributed by atoms with Crippen LogP contribution in [0.1, 0.15) is 43.5 Å². The molecule has 0 amide bonds. The van der Waals surface area contributed by atoms with Gasteiger partial charge < -0.3 is 9.47 Å². The number of allylic oxidation sites excluding steroid dienone is 1. The predicted molar refractivity (Wildman–Crippen MR) is 159 cm³/mol. The topological polar surface area (TPSA) is 69.9 Å². The summed E-state index contributed by atoms with van der Waals surface area (Å²) >= 11 is 13.8. The van der Waals surface area contributed by atoms with E-state index in [-0.39, 0.29) is 11.7 Å². The summed E-state index contributed by atoms with van der Waals surface area (Å²) in [6, 6.07) is 21.4. The number of fused-ring (bicyclic) bond motifs is 1.